The molecule has 11 heavy (non-hydrogen) atoms. The molecule has 0 bridgehead atoms. The van der Waals surface area contributed by atoms with Crippen LogP contribution in [0.3, 0.4) is 0 Å². The minimum absolute atomic E-state index is 0.389. The number of benzene rings is 1. The Morgan fingerprint density at radius 1 is 1.18 bits per heavy atom. The SMILES string of the molecule is CP(O)(O)(Cl)c1ccccc1. The van der Waals surface area contributed by atoms with Gasteiger partial charge in [-0.25, -0.2) is 0 Å². The van der Waals surface area contributed by atoms with Gasteiger partial charge in [-0.3, -0.25) is 0 Å². The topological polar surface area (TPSA) is 40.5 Å². The van der Waals surface area contributed by atoms with Crippen LogP contribution in [0.1, 0.15) is 0 Å². The molecule has 0 saturated heterocycles. The van der Waals surface area contributed by atoms with Crippen LogP contribution >= 0.6 is 17.7 Å². The molecule has 0 spiro atoms. The van der Waals surface area contributed by atoms with Crippen molar-refractivity contribution in [3.8, 4) is 0 Å². The molecule has 1 rings (SSSR count). The van der Waals surface area contributed by atoms with Gasteiger partial charge in [0.25, 0.3) is 0 Å². The van der Waals surface area contributed by atoms with E-state index in [1.807, 2.05) is 0 Å². The van der Waals surface area contributed by atoms with E-state index >= 15 is 0 Å². The average Bonchev–Trinajstić information content (AvgIpc) is 1.86. The zero-order valence-electron chi connectivity index (χ0n) is 6.11. The first-order valence-corrected chi connectivity index (χ1v) is 6.64. The molecule has 0 unspecified atom stereocenters. The van der Waals surface area contributed by atoms with Gasteiger partial charge in [-0.05, 0) is 0 Å². The number of hydrogen-bond acceptors (Lipinski definition) is 2. The third kappa shape index (κ3) is 2.42. The second-order valence-corrected chi connectivity index (χ2v) is 8.23. The minimum atomic E-state index is -4.02. The van der Waals surface area contributed by atoms with E-state index in [1.165, 1.54) is 6.66 Å². The molecule has 0 aliphatic rings. The molecular formula is C7H10ClO2P. The first-order chi connectivity index (χ1) is 4.86. The summed E-state index contributed by atoms with van der Waals surface area (Å²) in [5.74, 6) is 0. The van der Waals surface area contributed by atoms with Gasteiger partial charge in [0, 0.05) is 0 Å². The van der Waals surface area contributed by atoms with Crippen LogP contribution in [0.2, 0.25) is 0 Å². The standard InChI is InChI=1S/C7H10ClO2P/c1-11(8,9,10)7-5-3-2-4-6-7/h2-6,9-10H,1H3. The Labute approximate surface area is 70.3 Å². The summed E-state index contributed by atoms with van der Waals surface area (Å²) >= 11 is 5.56. The third-order valence-corrected chi connectivity index (χ3v) is 3.40. The second kappa shape index (κ2) is 2.43. The van der Waals surface area contributed by atoms with E-state index in [9.17, 15) is 9.79 Å². The predicted octanol–water partition coefficient (Wildman–Crippen LogP) is 1.46. The summed E-state index contributed by atoms with van der Waals surface area (Å²) in [6.45, 7) is 1.25. The summed E-state index contributed by atoms with van der Waals surface area (Å²) in [4.78, 5) is 18.8. The monoisotopic (exact) mass is 192 g/mol. The number of hydrogen-bond donors (Lipinski definition) is 2. The van der Waals surface area contributed by atoms with Crippen LogP contribution in [0, 0.1) is 0 Å². The van der Waals surface area contributed by atoms with Crippen molar-refractivity contribution < 1.29 is 9.79 Å². The van der Waals surface area contributed by atoms with Crippen LogP contribution in [0.25, 0.3) is 0 Å². The van der Waals surface area contributed by atoms with Crippen molar-refractivity contribution in [1.29, 1.82) is 0 Å². The molecule has 0 amide bonds. The van der Waals surface area contributed by atoms with Crippen LogP contribution in [-0.4, -0.2) is 16.5 Å². The molecule has 1 aromatic carbocycles. The normalized spacial score (nSPS) is 15.5. The van der Waals surface area contributed by atoms with E-state index < -0.39 is 6.41 Å². The fourth-order valence-electron chi connectivity index (χ4n) is 0.767. The Kier molecular flexibility index (Phi) is 1.97. The van der Waals surface area contributed by atoms with E-state index in [0.717, 1.165) is 0 Å². The Balaban J connectivity index is 3.14. The maximum atomic E-state index is 9.41. The summed E-state index contributed by atoms with van der Waals surface area (Å²) < 4.78 is 0. The molecule has 2 nitrogen and oxygen atoms in total. The zero-order chi connectivity index (χ0) is 8.56. The van der Waals surface area contributed by atoms with Crippen LogP contribution in [0.4, 0.5) is 0 Å². The van der Waals surface area contributed by atoms with Crippen LogP contribution in [-0.2, 0) is 0 Å². The summed E-state index contributed by atoms with van der Waals surface area (Å²) in [7, 11) is 0. The van der Waals surface area contributed by atoms with Crippen LogP contribution < -0.4 is 5.30 Å². The van der Waals surface area contributed by atoms with E-state index in [4.69, 9.17) is 11.2 Å². The third-order valence-electron chi connectivity index (χ3n) is 1.34. The van der Waals surface area contributed by atoms with Gasteiger partial charge in [-0.2, -0.15) is 0 Å². The zero-order valence-corrected chi connectivity index (χ0v) is 7.76. The summed E-state index contributed by atoms with van der Waals surface area (Å²) in [6, 6.07) is 8.43. The summed E-state index contributed by atoms with van der Waals surface area (Å²) in [5.41, 5.74) is 0. The van der Waals surface area contributed by atoms with Gasteiger partial charge in [-0.1, -0.05) is 0 Å². The van der Waals surface area contributed by atoms with Crippen molar-refractivity contribution in [3.05, 3.63) is 30.3 Å². The van der Waals surface area contributed by atoms with Crippen molar-refractivity contribution in [2.24, 2.45) is 0 Å². The van der Waals surface area contributed by atoms with Gasteiger partial charge >= 0.3 is 69.7 Å². The molecular weight excluding hydrogens is 183 g/mol. The second-order valence-electron chi connectivity index (χ2n) is 2.65. The summed E-state index contributed by atoms with van der Waals surface area (Å²) in [6.07, 6.45) is -4.02. The fourth-order valence-corrected chi connectivity index (χ4v) is 1.95. The van der Waals surface area contributed by atoms with E-state index in [0.29, 0.717) is 5.30 Å². The molecule has 0 atom stereocenters. The van der Waals surface area contributed by atoms with Crippen molar-refractivity contribution in [2.75, 3.05) is 6.66 Å². The molecule has 0 aromatic heterocycles. The van der Waals surface area contributed by atoms with Gasteiger partial charge in [0.05, 0.1) is 0 Å². The van der Waals surface area contributed by atoms with Gasteiger partial charge in [-0.15, -0.1) is 0 Å². The summed E-state index contributed by atoms with van der Waals surface area (Å²) in [5, 5.41) is 0.389. The molecule has 0 heterocycles. The van der Waals surface area contributed by atoms with Gasteiger partial charge in [0.1, 0.15) is 0 Å². The van der Waals surface area contributed by atoms with E-state index in [1.54, 1.807) is 30.3 Å². The quantitative estimate of drug-likeness (QED) is 0.662. The molecule has 0 aliphatic carbocycles. The van der Waals surface area contributed by atoms with E-state index in [2.05, 4.69) is 0 Å². The molecule has 62 valence electrons. The molecule has 0 radical (unpaired) electrons. The fraction of sp³-hybridized carbons (Fsp3) is 0.143. The number of halogens is 1. The van der Waals surface area contributed by atoms with Crippen molar-refractivity contribution in [3.63, 3.8) is 0 Å². The molecule has 1 aromatic rings. The molecule has 2 N–H and O–H groups in total. The Bertz CT molecular complexity index is 243. The molecule has 0 fully saturated rings. The van der Waals surface area contributed by atoms with E-state index in [-0.39, 0.29) is 0 Å². The van der Waals surface area contributed by atoms with Crippen LogP contribution in [0.5, 0.6) is 0 Å². The Hall–Kier alpha value is -0.140. The number of rotatable bonds is 1. The van der Waals surface area contributed by atoms with Gasteiger partial charge < -0.3 is 0 Å². The van der Waals surface area contributed by atoms with Crippen LogP contribution in [0.15, 0.2) is 30.3 Å². The maximum absolute atomic E-state index is 9.41. The Morgan fingerprint density at radius 3 is 1.91 bits per heavy atom. The van der Waals surface area contributed by atoms with Crippen molar-refractivity contribution in [2.45, 2.75) is 0 Å². The van der Waals surface area contributed by atoms with Crippen molar-refractivity contribution in [1.82, 2.24) is 0 Å². The first kappa shape index (κ1) is 8.95. The molecule has 0 saturated carbocycles. The van der Waals surface area contributed by atoms with Gasteiger partial charge in [0.15, 0.2) is 0 Å². The predicted molar refractivity (Wildman–Crippen MR) is 49.2 cm³/mol. The Morgan fingerprint density at radius 2 is 1.64 bits per heavy atom. The van der Waals surface area contributed by atoms with Gasteiger partial charge in [0.2, 0.25) is 0 Å². The van der Waals surface area contributed by atoms with Crippen molar-refractivity contribution >= 4 is 23.0 Å². The first-order valence-electron chi connectivity index (χ1n) is 3.15. The molecule has 4 heteroatoms. The average molecular weight is 193 g/mol. The molecule has 0 aliphatic heterocycles.